The first kappa shape index (κ1) is 13.4. The van der Waals surface area contributed by atoms with Crippen LogP contribution in [0, 0.1) is 0 Å². The lowest BCUT2D eigenvalue weighted by Crippen LogP contribution is -2.42. The van der Waals surface area contributed by atoms with Crippen molar-refractivity contribution in [3.05, 3.63) is 18.3 Å². The highest BCUT2D eigenvalue weighted by Crippen LogP contribution is 2.16. The van der Waals surface area contributed by atoms with E-state index < -0.39 is 22.0 Å². The molecule has 1 heterocycles. The number of hydrogen-bond donors (Lipinski definition) is 4. The van der Waals surface area contributed by atoms with E-state index in [9.17, 15) is 13.2 Å². The normalized spacial score (nSPS) is 13.1. The van der Waals surface area contributed by atoms with Crippen LogP contribution in [0.2, 0.25) is 0 Å². The van der Waals surface area contributed by atoms with E-state index in [2.05, 4.69) is 15.1 Å². The number of carbonyl (C=O) groups excluding carboxylic acids is 1. The minimum absolute atomic E-state index is 0.0170. The second-order valence-corrected chi connectivity index (χ2v) is 4.92. The third-order valence-corrected chi connectivity index (χ3v) is 3.53. The number of hydrazine groups is 1. The number of carbonyl (C=O) groups is 1. The average molecular weight is 259 g/mol. The number of anilines is 1. The summed E-state index contributed by atoms with van der Waals surface area (Å²) in [7, 11) is -3.90. The minimum Gasteiger partial charge on any atom is -0.368 e. The van der Waals surface area contributed by atoms with E-state index in [1.807, 2.05) is 0 Å². The van der Waals surface area contributed by atoms with Gasteiger partial charge in [0.05, 0.1) is 6.04 Å². The molecule has 1 atom stereocenters. The van der Waals surface area contributed by atoms with Crippen molar-refractivity contribution in [2.24, 2.45) is 11.6 Å². The number of primary amides is 1. The third-order valence-electron chi connectivity index (χ3n) is 1.96. The Balaban J connectivity index is 3.09. The number of nitrogens with zero attached hydrogens (tertiary/aromatic N) is 1. The summed E-state index contributed by atoms with van der Waals surface area (Å²) in [5.74, 6) is 4.35. The van der Waals surface area contributed by atoms with Gasteiger partial charge >= 0.3 is 0 Å². The Hall–Kier alpha value is -1.71. The molecule has 0 bridgehead atoms. The molecule has 0 fully saturated rings. The topological polar surface area (TPSA) is 140 Å². The zero-order valence-corrected chi connectivity index (χ0v) is 9.86. The molecular formula is C8H13N5O3S. The number of aromatic nitrogens is 1. The van der Waals surface area contributed by atoms with Crippen LogP contribution in [0.25, 0.3) is 0 Å². The van der Waals surface area contributed by atoms with Crippen molar-refractivity contribution in [2.75, 3.05) is 5.43 Å². The SMILES string of the molecule is CC(NS(=O)(=O)c1cccnc1NN)C(N)=O. The zero-order chi connectivity index (χ0) is 13.1. The molecule has 0 spiro atoms. The fraction of sp³-hybridized carbons (Fsp3) is 0.250. The molecule has 17 heavy (non-hydrogen) atoms. The molecular weight excluding hydrogens is 246 g/mol. The maximum atomic E-state index is 11.9. The molecule has 1 aromatic rings. The van der Waals surface area contributed by atoms with Crippen LogP contribution in [-0.2, 0) is 14.8 Å². The molecule has 6 N–H and O–H groups in total. The van der Waals surface area contributed by atoms with E-state index in [4.69, 9.17) is 11.6 Å². The molecule has 1 unspecified atom stereocenters. The van der Waals surface area contributed by atoms with Crippen molar-refractivity contribution in [1.82, 2.24) is 9.71 Å². The first-order valence-electron chi connectivity index (χ1n) is 4.61. The highest BCUT2D eigenvalue weighted by atomic mass is 32.2. The summed E-state index contributed by atoms with van der Waals surface area (Å²) < 4.78 is 25.9. The summed E-state index contributed by atoms with van der Waals surface area (Å²) in [5.41, 5.74) is 7.13. The standard InChI is InChI=1S/C8H13N5O3S/c1-5(7(9)14)13-17(15,16)6-3-2-4-11-8(6)12-10/h2-5,13H,10H2,1H3,(H2,9,14)(H,11,12). The van der Waals surface area contributed by atoms with Crippen molar-refractivity contribution in [1.29, 1.82) is 0 Å². The Morgan fingerprint density at radius 2 is 2.18 bits per heavy atom. The van der Waals surface area contributed by atoms with Crippen molar-refractivity contribution >= 4 is 21.7 Å². The van der Waals surface area contributed by atoms with Crippen LogP contribution in [0.4, 0.5) is 5.82 Å². The zero-order valence-electron chi connectivity index (χ0n) is 9.04. The van der Waals surface area contributed by atoms with E-state index >= 15 is 0 Å². The first-order chi connectivity index (χ1) is 7.88. The fourth-order valence-electron chi connectivity index (χ4n) is 1.07. The molecule has 1 amide bonds. The summed E-state index contributed by atoms with van der Waals surface area (Å²) in [5, 5.41) is 0. The minimum atomic E-state index is -3.90. The summed E-state index contributed by atoms with van der Waals surface area (Å²) in [6, 6.07) is 1.72. The van der Waals surface area contributed by atoms with Gasteiger partial charge in [0, 0.05) is 6.20 Å². The van der Waals surface area contributed by atoms with Gasteiger partial charge in [0.1, 0.15) is 4.90 Å². The Morgan fingerprint density at radius 1 is 1.53 bits per heavy atom. The smallest absolute Gasteiger partial charge is 0.245 e. The van der Waals surface area contributed by atoms with E-state index in [1.54, 1.807) is 0 Å². The van der Waals surface area contributed by atoms with Gasteiger partial charge < -0.3 is 11.2 Å². The monoisotopic (exact) mass is 259 g/mol. The van der Waals surface area contributed by atoms with Crippen LogP contribution in [0.1, 0.15) is 6.92 Å². The molecule has 0 aliphatic heterocycles. The first-order valence-corrected chi connectivity index (χ1v) is 6.10. The molecule has 94 valence electrons. The Morgan fingerprint density at radius 3 is 2.71 bits per heavy atom. The molecule has 1 rings (SSSR count). The van der Waals surface area contributed by atoms with Crippen LogP contribution in [0.15, 0.2) is 23.2 Å². The maximum absolute atomic E-state index is 11.9. The Bertz CT molecular complexity index is 516. The molecule has 0 radical (unpaired) electrons. The van der Waals surface area contributed by atoms with E-state index in [0.717, 1.165) is 0 Å². The highest BCUT2D eigenvalue weighted by molar-refractivity contribution is 7.89. The Kier molecular flexibility index (Phi) is 3.99. The van der Waals surface area contributed by atoms with Gasteiger partial charge in [0.2, 0.25) is 15.9 Å². The van der Waals surface area contributed by atoms with Crippen molar-refractivity contribution in [3.8, 4) is 0 Å². The number of amides is 1. The summed E-state index contributed by atoms with van der Waals surface area (Å²) in [4.78, 5) is 14.4. The molecule has 0 aliphatic rings. The van der Waals surface area contributed by atoms with Gasteiger partial charge in [-0.05, 0) is 19.1 Å². The largest absolute Gasteiger partial charge is 0.368 e. The van der Waals surface area contributed by atoms with Gasteiger partial charge in [-0.25, -0.2) is 19.2 Å². The number of nitrogen functional groups attached to an aromatic ring is 1. The number of nitrogens with one attached hydrogen (secondary N) is 2. The van der Waals surface area contributed by atoms with E-state index in [0.29, 0.717) is 0 Å². The van der Waals surface area contributed by atoms with Crippen molar-refractivity contribution < 1.29 is 13.2 Å². The molecule has 1 aromatic heterocycles. The number of hydrogen-bond acceptors (Lipinski definition) is 6. The number of sulfonamides is 1. The number of pyridine rings is 1. The molecule has 0 saturated carbocycles. The molecule has 8 nitrogen and oxygen atoms in total. The van der Waals surface area contributed by atoms with Crippen molar-refractivity contribution in [3.63, 3.8) is 0 Å². The van der Waals surface area contributed by atoms with Gasteiger partial charge in [-0.3, -0.25) is 4.79 Å². The van der Waals surface area contributed by atoms with E-state index in [-0.39, 0.29) is 10.7 Å². The molecule has 0 aliphatic carbocycles. The van der Waals surface area contributed by atoms with Gasteiger partial charge in [-0.1, -0.05) is 0 Å². The van der Waals surface area contributed by atoms with Crippen LogP contribution in [0.3, 0.4) is 0 Å². The lowest BCUT2D eigenvalue weighted by Gasteiger charge is -2.12. The fourth-order valence-corrected chi connectivity index (χ4v) is 2.40. The van der Waals surface area contributed by atoms with Gasteiger partial charge in [-0.15, -0.1) is 0 Å². The summed E-state index contributed by atoms with van der Waals surface area (Å²) in [6.45, 7) is 1.34. The van der Waals surface area contributed by atoms with Crippen molar-refractivity contribution in [2.45, 2.75) is 17.9 Å². The third kappa shape index (κ3) is 3.12. The second kappa shape index (κ2) is 5.08. The van der Waals surface area contributed by atoms with Gasteiger partial charge in [-0.2, -0.15) is 4.72 Å². The van der Waals surface area contributed by atoms with Gasteiger partial charge in [0.25, 0.3) is 0 Å². The quantitative estimate of drug-likeness (QED) is 0.375. The molecule has 0 saturated heterocycles. The second-order valence-electron chi connectivity index (χ2n) is 3.24. The van der Waals surface area contributed by atoms with E-state index in [1.165, 1.54) is 25.3 Å². The lowest BCUT2D eigenvalue weighted by molar-refractivity contribution is -0.119. The van der Waals surface area contributed by atoms with Crippen LogP contribution in [0.5, 0.6) is 0 Å². The predicted octanol–water partition coefficient (Wildman–Crippen LogP) is -1.48. The summed E-state index contributed by atoms with van der Waals surface area (Å²) >= 11 is 0. The highest BCUT2D eigenvalue weighted by Gasteiger charge is 2.23. The number of rotatable bonds is 5. The Labute approximate surface area is 98.4 Å². The molecule has 9 heteroatoms. The van der Waals surface area contributed by atoms with Crippen LogP contribution < -0.4 is 21.7 Å². The van der Waals surface area contributed by atoms with Crippen LogP contribution in [-0.4, -0.2) is 25.4 Å². The predicted molar refractivity (Wildman–Crippen MR) is 61.0 cm³/mol. The van der Waals surface area contributed by atoms with Gasteiger partial charge in [0.15, 0.2) is 5.82 Å². The van der Waals surface area contributed by atoms with Crippen LogP contribution >= 0.6 is 0 Å². The maximum Gasteiger partial charge on any atom is 0.245 e. The lowest BCUT2D eigenvalue weighted by atomic mass is 10.4. The summed E-state index contributed by atoms with van der Waals surface area (Å²) in [6.07, 6.45) is 1.38. The number of nitrogens with two attached hydrogens (primary N) is 2. The molecule has 0 aromatic carbocycles. The average Bonchev–Trinajstić information content (AvgIpc) is 2.28.